The van der Waals surface area contributed by atoms with Gasteiger partial charge in [0.25, 0.3) is 0 Å². The van der Waals surface area contributed by atoms with Gasteiger partial charge in [0.2, 0.25) is 0 Å². The van der Waals surface area contributed by atoms with Crippen LogP contribution in [0.25, 0.3) is 0 Å². The number of rotatable bonds is 3. The molecule has 0 aliphatic heterocycles. The van der Waals surface area contributed by atoms with Gasteiger partial charge in [-0.2, -0.15) is 5.26 Å². The third kappa shape index (κ3) is 2.77. The van der Waals surface area contributed by atoms with E-state index in [1.54, 1.807) is 25.8 Å². The van der Waals surface area contributed by atoms with E-state index < -0.39 is 17.2 Å². The molecule has 0 saturated heterocycles. The Morgan fingerprint density at radius 3 is 2.44 bits per heavy atom. The first-order valence-electron chi connectivity index (χ1n) is 4.93. The summed E-state index contributed by atoms with van der Waals surface area (Å²) >= 11 is 0. The highest BCUT2D eigenvalue weighted by atomic mass is 19.2. The number of nitrogens with zero attached hydrogens (tertiary/aromatic N) is 2. The molecule has 1 aromatic carbocycles. The molecule has 0 bridgehead atoms. The largest absolute Gasteiger partial charge is 0.285 e. The first-order valence-corrected chi connectivity index (χ1v) is 4.93. The average Bonchev–Trinajstić information content (AvgIpc) is 2.23. The number of hydrogen-bond donors (Lipinski definition) is 0. The van der Waals surface area contributed by atoms with Gasteiger partial charge in [0.15, 0.2) is 11.6 Å². The zero-order valence-corrected chi connectivity index (χ0v) is 9.59. The monoisotopic (exact) mass is 224 g/mol. The molecule has 4 heteroatoms. The van der Waals surface area contributed by atoms with Gasteiger partial charge in [0.1, 0.15) is 5.54 Å². The molecule has 1 aromatic rings. The molecule has 1 rings (SSSR count). The molecule has 0 saturated carbocycles. The Bertz CT molecular complexity index is 422. The summed E-state index contributed by atoms with van der Waals surface area (Å²) in [6, 6.07) is 5.91. The fraction of sp³-hybridized carbons (Fsp3) is 0.417. The molecule has 0 unspecified atom stereocenters. The van der Waals surface area contributed by atoms with Crippen LogP contribution in [0.4, 0.5) is 8.78 Å². The highest BCUT2D eigenvalue weighted by Crippen LogP contribution is 2.16. The standard InChI is InChI=1S/C12H14F2N2/c1-12(2,8-15)16(3)7-9-4-5-10(13)11(14)6-9/h4-6H,7H2,1-3H3. The predicted octanol–water partition coefficient (Wildman–Crippen LogP) is 2.70. The molecule has 0 aliphatic carbocycles. The summed E-state index contributed by atoms with van der Waals surface area (Å²) < 4.78 is 25.6. The molecule has 0 radical (unpaired) electrons. The number of benzene rings is 1. The van der Waals surface area contributed by atoms with Gasteiger partial charge < -0.3 is 0 Å². The highest BCUT2D eigenvalue weighted by Gasteiger charge is 2.22. The van der Waals surface area contributed by atoms with E-state index in [0.717, 1.165) is 12.1 Å². The summed E-state index contributed by atoms with van der Waals surface area (Å²) in [6.07, 6.45) is 0. The van der Waals surface area contributed by atoms with Crippen molar-refractivity contribution >= 4 is 0 Å². The minimum Gasteiger partial charge on any atom is -0.285 e. The fourth-order valence-corrected chi connectivity index (χ4v) is 1.19. The van der Waals surface area contributed by atoms with Gasteiger partial charge in [-0.25, -0.2) is 8.78 Å². The van der Waals surface area contributed by atoms with Crippen LogP contribution in [-0.2, 0) is 6.54 Å². The van der Waals surface area contributed by atoms with Gasteiger partial charge in [-0.15, -0.1) is 0 Å². The van der Waals surface area contributed by atoms with Gasteiger partial charge in [0.05, 0.1) is 6.07 Å². The molecule has 2 nitrogen and oxygen atoms in total. The molecule has 0 heterocycles. The summed E-state index contributed by atoms with van der Waals surface area (Å²) in [5.74, 6) is -1.72. The maximum atomic E-state index is 12.9. The molecule has 0 N–H and O–H groups in total. The van der Waals surface area contributed by atoms with Crippen molar-refractivity contribution in [2.45, 2.75) is 25.9 Å². The Hall–Kier alpha value is -1.47. The number of hydrogen-bond acceptors (Lipinski definition) is 2. The van der Waals surface area contributed by atoms with Crippen molar-refractivity contribution in [3.63, 3.8) is 0 Å². The Kier molecular flexibility index (Phi) is 3.61. The summed E-state index contributed by atoms with van der Waals surface area (Å²) in [6.45, 7) is 3.94. The highest BCUT2D eigenvalue weighted by molar-refractivity contribution is 5.18. The minimum atomic E-state index is -0.860. The van der Waals surface area contributed by atoms with Gasteiger partial charge in [-0.1, -0.05) is 6.07 Å². The van der Waals surface area contributed by atoms with E-state index in [4.69, 9.17) is 5.26 Å². The summed E-state index contributed by atoms with van der Waals surface area (Å²) in [5.41, 5.74) is 0.00920. The van der Waals surface area contributed by atoms with Gasteiger partial charge in [-0.3, -0.25) is 4.90 Å². The lowest BCUT2D eigenvalue weighted by Gasteiger charge is -2.28. The third-order valence-corrected chi connectivity index (χ3v) is 2.63. The Balaban J connectivity index is 2.82. The van der Waals surface area contributed by atoms with E-state index >= 15 is 0 Å². The van der Waals surface area contributed by atoms with Crippen LogP contribution in [0.3, 0.4) is 0 Å². The van der Waals surface area contributed by atoms with E-state index in [-0.39, 0.29) is 0 Å². The van der Waals surface area contributed by atoms with Crippen molar-refractivity contribution < 1.29 is 8.78 Å². The molecule has 16 heavy (non-hydrogen) atoms. The van der Waals surface area contributed by atoms with E-state index in [9.17, 15) is 8.78 Å². The summed E-state index contributed by atoms with van der Waals surface area (Å²) in [4.78, 5) is 1.78. The van der Waals surface area contributed by atoms with Crippen LogP contribution in [0.15, 0.2) is 18.2 Å². The van der Waals surface area contributed by atoms with Crippen molar-refractivity contribution in [1.29, 1.82) is 5.26 Å². The van der Waals surface area contributed by atoms with E-state index in [1.165, 1.54) is 6.07 Å². The van der Waals surface area contributed by atoms with Crippen molar-refractivity contribution in [2.24, 2.45) is 0 Å². The van der Waals surface area contributed by atoms with Crippen LogP contribution in [0.1, 0.15) is 19.4 Å². The molecule has 86 valence electrons. The van der Waals surface area contributed by atoms with Crippen LogP contribution in [0.2, 0.25) is 0 Å². The first-order chi connectivity index (χ1) is 7.36. The lowest BCUT2D eigenvalue weighted by molar-refractivity contribution is 0.202. The number of halogens is 2. The van der Waals surface area contributed by atoms with Crippen molar-refractivity contribution in [1.82, 2.24) is 4.90 Å². The van der Waals surface area contributed by atoms with Crippen molar-refractivity contribution in [2.75, 3.05) is 7.05 Å². The van der Waals surface area contributed by atoms with Gasteiger partial charge >= 0.3 is 0 Å². The quantitative estimate of drug-likeness (QED) is 0.789. The zero-order valence-electron chi connectivity index (χ0n) is 9.59. The van der Waals surface area contributed by atoms with Crippen LogP contribution < -0.4 is 0 Å². The SMILES string of the molecule is CN(Cc1ccc(F)c(F)c1)C(C)(C)C#N. The molecule has 0 amide bonds. The Morgan fingerprint density at radius 1 is 1.31 bits per heavy atom. The normalized spacial score (nSPS) is 11.6. The van der Waals surface area contributed by atoms with Crippen LogP contribution in [-0.4, -0.2) is 17.5 Å². The second-order valence-electron chi connectivity index (χ2n) is 4.28. The molecule has 0 atom stereocenters. The van der Waals surface area contributed by atoms with E-state index in [1.807, 2.05) is 0 Å². The molecule has 0 aromatic heterocycles. The molecular weight excluding hydrogens is 210 g/mol. The molecule has 0 fully saturated rings. The second kappa shape index (κ2) is 4.58. The summed E-state index contributed by atoms with van der Waals surface area (Å²) in [7, 11) is 1.77. The second-order valence-corrected chi connectivity index (χ2v) is 4.28. The lowest BCUT2D eigenvalue weighted by atomic mass is 10.0. The average molecular weight is 224 g/mol. The molecule has 0 aliphatic rings. The predicted molar refractivity (Wildman–Crippen MR) is 57.5 cm³/mol. The zero-order chi connectivity index (χ0) is 12.3. The van der Waals surface area contributed by atoms with Crippen LogP contribution in [0.5, 0.6) is 0 Å². The Morgan fingerprint density at radius 2 is 1.94 bits per heavy atom. The third-order valence-electron chi connectivity index (χ3n) is 2.63. The lowest BCUT2D eigenvalue weighted by Crippen LogP contribution is -2.39. The topological polar surface area (TPSA) is 27.0 Å². The van der Waals surface area contributed by atoms with Gasteiger partial charge in [-0.05, 0) is 38.6 Å². The maximum Gasteiger partial charge on any atom is 0.159 e. The van der Waals surface area contributed by atoms with Crippen molar-refractivity contribution in [3.05, 3.63) is 35.4 Å². The summed E-state index contributed by atoms with van der Waals surface area (Å²) in [5, 5.41) is 8.92. The molecular formula is C12H14F2N2. The Labute approximate surface area is 94.1 Å². The van der Waals surface area contributed by atoms with Crippen molar-refractivity contribution in [3.8, 4) is 6.07 Å². The minimum absolute atomic E-state index is 0.401. The van der Waals surface area contributed by atoms with E-state index in [0.29, 0.717) is 12.1 Å². The smallest absolute Gasteiger partial charge is 0.159 e. The van der Waals surface area contributed by atoms with E-state index in [2.05, 4.69) is 6.07 Å². The fourth-order valence-electron chi connectivity index (χ4n) is 1.19. The van der Waals surface area contributed by atoms with Gasteiger partial charge in [0, 0.05) is 6.54 Å². The van der Waals surface area contributed by atoms with Crippen LogP contribution >= 0.6 is 0 Å². The van der Waals surface area contributed by atoms with Crippen LogP contribution in [0, 0.1) is 23.0 Å². The number of nitriles is 1. The molecule has 0 spiro atoms. The first kappa shape index (κ1) is 12.6. The maximum absolute atomic E-state index is 12.9.